The van der Waals surface area contributed by atoms with Gasteiger partial charge >= 0.3 is 17.1 Å². The zero-order valence-electron chi connectivity index (χ0n) is 38.4. The average Bonchev–Trinajstić information content (AvgIpc) is 3.33. The quantitative estimate of drug-likeness (QED) is 0.130. The van der Waals surface area contributed by atoms with E-state index in [-0.39, 0.29) is 27.9 Å². The third-order valence-electron chi connectivity index (χ3n) is 12.8. The summed E-state index contributed by atoms with van der Waals surface area (Å²) in [5, 5.41) is 24.2. The predicted octanol–water partition coefficient (Wildman–Crippen LogP) is 17.4. The topological polar surface area (TPSA) is 79.8 Å². The third kappa shape index (κ3) is 8.05. The van der Waals surface area contributed by atoms with E-state index in [1.54, 1.807) is 0 Å². The van der Waals surface area contributed by atoms with Crippen molar-refractivity contribution in [1.82, 2.24) is 19.9 Å². The van der Waals surface area contributed by atoms with E-state index in [1.165, 1.54) is 32.7 Å². The Morgan fingerprint density at radius 1 is 0.299 bits per heavy atom. The molecule has 0 N–H and O–H groups in total. The standard InChI is InChI=1S/2C30H24N3.Fe/c2*1-30(2,3)21-15-25-23-12-7-5-10-20(23)18-32-29(25)27(16-21)33-26-14-8-13-24-22-11-6-4-9-19(22)17-31-28(24)26;/h2*4-18H,1-3H3;/q2*-1;+2. The van der Waals surface area contributed by atoms with Crippen molar-refractivity contribution in [3.8, 4) is 0 Å². The molecule has 0 saturated heterocycles. The first-order valence-corrected chi connectivity index (χ1v) is 22.6. The summed E-state index contributed by atoms with van der Waals surface area (Å²) in [5.74, 6) is 0. The Labute approximate surface area is 401 Å². The molecule has 0 bridgehead atoms. The van der Waals surface area contributed by atoms with E-state index >= 15 is 0 Å². The summed E-state index contributed by atoms with van der Waals surface area (Å²) < 4.78 is 0. The number of para-hydroxylation sites is 2. The molecular formula is C60H48FeN6. The summed E-state index contributed by atoms with van der Waals surface area (Å²) in [6.45, 7) is 13.4. The molecule has 326 valence electrons. The minimum Gasteiger partial charge on any atom is -0.654 e. The molecule has 0 spiro atoms. The van der Waals surface area contributed by atoms with Gasteiger partial charge in [0.15, 0.2) is 0 Å². The number of hydrogen-bond donors (Lipinski definition) is 0. The van der Waals surface area contributed by atoms with Crippen molar-refractivity contribution in [2.45, 2.75) is 52.4 Å². The number of nitrogens with zero attached hydrogens (tertiary/aromatic N) is 6. The van der Waals surface area contributed by atoms with Gasteiger partial charge in [-0.25, -0.2) is 0 Å². The molecule has 0 atom stereocenters. The van der Waals surface area contributed by atoms with Crippen molar-refractivity contribution < 1.29 is 17.1 Å². The summed E-state index contributed by atoms with van der Waals surface area (Å²) in [7, 11) is 0. The first kappa shape index (κ1) is 43.5. The van der Waals surface area contributed by atoms with Crippen molar-refractivity contribution in [3.63, 3.8) is 0 Å². The van der Waals surface area contributed by atoms with Gasteiger partial charge in [-0.2, -0.15) is 0 Å². The van der Waals surface area contributed by atoms with Gasteiger partial charge in [-0.3, -0.25) is 19.9 Å². The molecular weight excluding hydrogens is 861 g/mol. The van der Waals surface area contributed by atoms with Gasteiger partial charge in [0, 0.05) is 67.9 Å². The van der Waals surface area contributed by atoms with Gasteiger partial charge in [0.1, 0.15) is 0 Å². The third-order valence-corrected chi connectivity index (χ3v) is 12.8. The summed E-state index contributed by atoms with van der Waals surface area (Å²) in [6.07, 6.45) is 7.77. The average molecular weight is 909 g/mol. The Morgan fingerprint density at radius 3 is 0.910 bits per heavy atom. The number of fused-ring (bicyclic) bond motifs is 12. The molecule has 0 aliphatic heterocycles. The molecule has 0 radical (unpaired) electrons. The normalized spacial score (nSPS) is 11.9. The molecule has 67 heavy (non-hydrogen) atoms. The van der Waals surface area contributed by atoms with Crippen molar-refractivity contribution in [2.75, 3.05) is 0 Å². The Morgan fingerprint density at radius 2 is 0.582 bits per heavy atom. The van der Waals surface area contributed by atoms with Crippen molar-refractivity contribution in [3.05, 3.63) is 204 Å². The van der Waals surface area contributed by atoms with Crippen LogP contribution in [0.25, 0.3) is 97.3 Å². The molecule has 4 aromatic heterocycles. The molecule has 0 unspecified atom stereocenters. The van der Waals surface area contributed by atoms with Crippen LogP contribution in [0.5, 0.6) is 0 Å². The summed E-state index contributed by atoms with van der Waals surface area (Å²) >= 11 is 0. The molecule has 12 aromatic rings. The van der Waals surface area contributed by atoms with Crippen molar-refractivity contribution in [2.24, 2.45) is 0 Å². The molecule has 0 aliphatic rings. The second-order valence-corrected chi connectivity index (χ2v) is 19.2. The second-order valence-electron chi connectivity index (χ2n) is 19.2. The predicted molar refractivity (Wildman–Crippen MR) is 280 cm³/mol. The van der Waals surface area contributed by atoms with Crippen LogP contribution in [0.1, 0.15) is 52.7 Å². The number of pyridine rings is 4. The number of benzene rings is 8. The van der Waals surface area contributed by atoms with Crippen LogP contribution in [0.3, 0.4) is 0 Å². The second kappa shape index (κ2) is 17.1. The zero-order valence-corrected chi connectivity index (χ0v) is 39.5. The minimum atomic E-state index is -0.0113. The fourth-order valence-corrected chi connectivity index (χ4v) is 9.12. The van der Waals surface area contributed by atoms with E-state index < -0.39 is 0 Å². The minimum absolute atomic E-state index is 0. The van der Waals surface area contributed by atoms with Crippen LogP contribution in [0.4, 0.5) is 22.7 Å². The maximum absolute atomic E-state index is 5.16. The maximum atomic E-state index is 5.16. The van der Waals surface area contributed by atoms with E-state index in [4.69, 9.17) is 30.6 Å². The fraction of sp³-hybridized carbons (Fsp3) is 0.133. The smallest absolute Gasteiger partial charge is 0.654 e. The maximum Gasteiger partial charge on any atom is 2.00 e. The van der Waals surface area contributed by atoms with Crippen molar-refractivity contribution in [1.29, 1.82) is 0 Å². The van der Waals surface area contributed by atoms with Crippen LogP contribution in [-0.2, 0) is 27.9 Å². The molecule has 0 fully saturated rings. The van der Waals surface area contributed by atoms with Gasteiger partial charge in [-0.1, -0.05) is 187 Å². The van der Waals surface area contributed by atoms with Crippen LogP contribution in [0.15, 0.2) is 183 Å². The first-order valence-electron chi connectivity index (χ1n) is 22.6. The molecule has 12 rings (SSSR count). The van der Waals surface area contributed by atoms with Crippen LogP contribution < -0.4 is 0 Å². The number of rotatable bonds is 4. The molecule has 8 aromatic carbocycles. The number of hydrogen-bond acceptors (Lipinski definition) is 4. The SMILES string of the molecule is CC(C)(C)c1cc([N-]c2cccc3c2ncc2ccccc23)c2ncc3ccccc3c2c1.CC(C)(C)c1cc([N-]c2cccc3c2ncc2ccccc23)c2ncc3ccccc3c2c1.[Fe+2]. The molecule has 7 heteroatoms. The zero-order chi connectivity index (χ0) is 45.2. The van der Waals surface area contributed by atoms with Crippen LogP contribution in [-0.4, -0.2) is 19.9 Å². The van der Waals surface area contributed by atoms with Crippen LogP contribution >= 0.6 is 0 Å². The van der Waals surface area contributed by atoms with E-state index in [1.807, 2.05) is 49.1 Å². The van der Waals surface area contributed by atoms with E-state index in [0.717, 1.165) is 87.9 Å². The molecule has 0 aliphatic carbocycles. The fourth-order valence-electron chi connectivity index (χ4n) is 9.12. The van der Waals surface area contributed by atoms with Gasteiger partial charge in [0.05, 0.1) is 22.1 Å². The van der Waals surface area contributed by atoms with E-state index in [0.29, 0.717) is 0 Å². The molecule has 6 nitrogen and oxygen atoms in total. The summed E-state index contributed by atoms with van der Waals surface area (Å²) in [5.41, 5.74) is 9.59. The number of aromatic nitrogens is 4. The Hall–Kier alpha value is -7.44. The van der Waals surface area contributed by atoms with Crippen molar-refractivity contribution >= 4 is 109 Å². The van der Waals surface area contributed by atoms with Gasteiger partial charge < -0.3 is 10.6 Å². The monoisotopic (exact) mass is 908 g/mol. The van der Waals surface area contributed by atoms with Gasteiger partial charge in [-0.15, -0.1) is 22.7 Å². The van der Waals surface area contributed by atoms with Gasteiger partial charge in [0.2, 0.25) is 0 Å². The van der Waals surface area contributed by atoms with Crippen LogP contribution in [0, 0.1) is 0 Å². The first-order chi connectivity index (χ1) is 32.0. The molecule has 4 heterocycles. The van der Waals surface area contributed by atoms with E-state index in [2.05, 4.69) is 175 Å². The van der Waals surface area contributed by atoms with Crippen LogP contribution in [0.2, 0.25) is 0 Å². The summed E-state index contributed by atoms with van der Waals surface area (Å²) in [4.78, 5) is 19.3. The Bertz CT molecular complexity index is 3610. The summed E-state index contributed by atoms with van der Waals surface area (Å²) in [6, 6.07) is 54.9. The Kier molecular flexibility index (Phi) is 11.1. The molecule has 0 saturated carbocycles. The Balaban J connectivity index is 0.000000154. The van der Waals surface area contributed by atoms with Gasteiger partial charge in [0.25, 0.3) is 0 Å². The molecule has 0 amide bonds. The van der Waals surface area contributed by atoms with Gasteiger partial charge in [-0.05, 0) is 55.6 Å². The van der Waals surface area contributed by atoms with E-state index in [9.17, 15) is 0 Å². The largest absolute Gasteiger partial charge is 2.00 e.